The number of aryl methyl sites for hydroxylation is 1. The van der Waals surface area contributed by atoms with Crippen LogP contribution in [-0.4, -0.2) is 42.0 Å². The standard InChI is InChI=1S/C15H25N3OS.2ClH/c1-3-14-17-13(11-20-14)9-15(19)18-7-5-12(6-8-18)10-16-4-2;;/h11-12,16H,3-10H2,1-2H3;2*1H. The van der Waals surface area contributed by atoms with Crippen LogP contribution in [0, 0.1) is 5.92 Å². The van der Waals surface area contributed by atoms with Crippen LogP contribution >= 0.6 is 36.2 Å². The number of carbonyl (C=O) groups excluding carboxylic acids is 1. The highest BCUT2D eigenvalue weighted by Gasteiger charge is 2.22. The highest BCUT2D eigenvalue weighted by molar-refractivity contribution is 7.09. The molecule has 128 valence electrons. The second-order valence-electron chi connectivity index (χ2n) is 5.39. The zero-order valence-electron chi connectivity index (χ0n) is 13.3. The number of nitrogens with one attached hydrogen (secondary N) is 1. The Kier molecular flexibility index (Phi) is 11.0. The van der Waals surface area contributed by atoms with E-state index in [9.17, 15) is 4.79 Å². The summed E-state index contributed by atoms with van der Waals surface area (Å²) in [6, 6.07) is 0. The lowest BCUT2D eigenvalue weighted by molar-refractivity contribution is -0.131. The van der Waals surface area contributed by atoms with Crippen molar-refractivity contribution in [1.82, 2.24) is 15.2 Å². The summed E-state index contributed by atoms with van der Waals surface area (Å²) in [5, 5.41) is 6.54. The lowest BCUT2D eigenvalue weighted by Crippen LogP contribution is -2.41. The van der Waals surface area contributed by atoms with Gasteiger partial charge in [0.25, 0.3) is 0 Å². The van der Waals surface area contributed by atoms with Gasteiger partial charge in [0.2, 0.25) is 5.91 Å². The third-order valence-electron chi connectivity index (χ3n) is 3.88. The van der Waals surface area contributed by atoms with E-state index in [-0.39, 0.29) is 30.7 Å². The monoisotopic (exact) mass is 367 g/mol. The predicted octanol–water partition coefficient (Wildman–Crippen LogP) is 2.94. The Morgan fingerprint density at radius 3 is 2.59 bits per heavy atom. The number of halogens is 2. The molecule has 1 aliphatic rings. The molecule has 0 bridgehead atoms. The number of hydrogen-bond donors (Lipinski definition) is 1. The molecule has 1 fully saturated rings. The average molecular weight is 368 g/mol. The number of rotatable bonds is 6. The minimum atomic E-state index is 0. The smallest absolute Gasteiger partial charge is 0.228 e. The number of thiazole rings is 1. The van der Waals surface area contributed by atoms with Gasteiger partial charge in [0, 0.05) is 18.5 Å². The molecule has 1 N–H and O–H groups in total. The molecule has 0 aliphatic carbocycles. The number of carbonyl (C=O) groups is 1. The number of aromatic nitrogens is 1. The van der Waals surface area contributed by atoms with E-state index in [1.165, 1.54) is 0 Å². The van der Waals surface area contributed by atoms with Crippen LogP contribution in [-0.2, 0) is 17.6 Å². The van der Waals surface area contributed by atoms with Crippen LogP contribution in [0.2, 0.25) is 0 Å². The first-order chi connectivity index (χ1) is 9.72. The summed E-state index contributed by atoms with van der Waals surface area (Å²) in [6.07, 6.45) is 3.66. The maximum absolute atomic E-state index is 12.3. The highest BCUT2D eigenvalue weighted by Crippen LogP contribution is 2.18. The number of hydrogen-bond acceptors (Lipinski definition) is 4. The van der Waals surface area contributed by atoms with Crippen LogP contribution in [0.5, 0.6) is 0 Å². The fraction of sp³-hybridized carbons (Fsp3) is 0.733. The van der Waals surface area contributed by atoms with Crippen LogP contribution in [0.25, 0.3) is 0 Å². The zero-order chi connectivity index (χ0) is 14.4. The molecule has 22 heavy (non-hydrogen) atoms. The highest BCUT2D eigenvalue weighted by atomic mass is 35.5. The molecule has 1 aliphatic heterocycles. The zero-order valence-corrected chi connectivity index (χ0v) is 15.8. The van der Waals surface area contributed by atoms with Gasteiger partial charge in [-0.2, -0.15) is 0 Å². The van der Waals surface area contributed by atoms with Gasteiger partial charge < -0.3 is 10.2 Å². The van der Waals surface area contributed by atoms with Gasteiger partial charge in [0.15, 0.2) is 0 Å². The molecular formula is C15H27Cl2N3OS. The molecule has 0 spiro atoms. The fourth-order valence-corrected chi connectivity index (χ4v) is 3.34. The van der Waals surface area contributed by atoms with E-state index in [1.807, 2.05) is 10.3 Å². The summed E-state index contributed by atoms with van der Waals surface area (Å²) in [7, 11) is 0. The van der Waals surface area contributed by atoms with Gasteiger partial charge >= 0.3 is 0 Å². The summed E-state index contributed by atoms with van der Waals surface area (Å²) in [4.78, 5) is 18.7. The summed E-state index contributed by atoms with van der Waals surface area (Å²) in [5.41, 5.74) is 0.937. The Morgan fingerprint density at radius 1 is 1.36 bits per heavy atom. The number of piperidine rings is 1. The Bertz CT molecular complexity index is 434. The van der Waals surface area contributed by atoms with Crippen LogP contribution in [0.4, 0.5) is 0 Å². The molecule has 2 rings (SSSR count). The van der Waals surface area contributed by atoms with E-state index in [0.717, 1.165) is 62.1 Å². The van der Waals surface area contributed by atoms with Gasteiger partial charge in [-0.3, -0.25) is 4.79 Å². The Morgan fingerprint density at radius 2 is 2.05 bits per heavy atom. The van der Waals surface area contributed by atoms with Gasteiger partial charge in [0.1, 0.15) is 0 Å². The summed E-state index contributed by atoms with van der Waals surface area (Å²) < 4.78 is 0. The van der Waals surface area contributed by atoms with Gasteiger partial charge in [-0.25, -0.2) is 4.98 Å². The molecule has 2 heterocycles. The molecule has 4 nitrogen and oxygen atoms in total. The van der Waals surface area contributed by atoms with Crippen molar-refractivity contribution in [3.05, 3.63) is 16.1 Å². The summed E-state index contributed by atoms with van der Waals surface area (Å²) >= 11 is 1.66. The summed E-state index contributed by atoms with van der Waals surface area (Å²) in [5.74, 6) is 0.963. The molecule has 1 aromatic heterocycles. The molecule has 0 saturated carbocycles. The maximum Gasteiger partial charge on any atom is 0.228 e. The van der Waals surface area contributed by atoms with Crippen molar-refractivity contribution in [1.29, 1.82) is 0 Å². The Hall–Kier alpha value is -0.360. The van der Waals surface area contributed by atoms with Crippen LogP contribution < -0.4 is 5.32 Å². The van der Waals surface area contributed by atoms with E-state index in [2.05, 4.69) is 24.1 Å². The van der Waals surface area contributed by atoms with Crippen molar-refractivity contribution in [2.24, 2.45) is 5.92 Å². The molecule has 0 atom stereocenters. The van der Waals surface area contributed by atoms with E-state index in [0.29, 0.717) is 6.42 Å². The van der Waals surface area contributed by atoms with Crippen molar-refractivity contribution in [2.75, 3.05) is 26.2 Å². The van der Waals surface area contributed by atoms with Crippen molar-refractivity contribution in [2.45, 2.75) is 39.5 Å². The molecule has 1 aromatic rings. The second kappa shape index (κ2) is 11.2. The lowest BCUT2D eigenvalue weighted by atomic mass is 9.96. The lowest BCUT2D eigenvalue weighted by Gasteiger charge is -2.32. The van der Waals surface area contributed by atoms with E-state index >= 15 is 0 Å². The third-order valence-corrected chi connectivity index (χ3v) is 4.93. The normalized spacial score (nSPS) is 15.1. The molecular weight excluding hydrogens is 341 g/mol. The average Bonchev–Trinajstić information content (AvgIpc) is 2.93. The topological polar surface area (TPSA) is 45.2 Å². The van der Waals surface area contributed by atoms with Crippen molar-refractivity contribution >= 4 is 42.1 Å². The van der Waals surface area contributed by atoms with Crippen molar-refractivity contribution < 1.29 is 4.79 Å². The molecule has 0 radical (unpaired) electrons. The van der Waals surface area contributed by atoms with Gasteiger partial charge in [0.05, 0.1) is 17.1 Å². The largest absolute Gasteiger partial charge is 0.342 e. The number of likely N-dealkylation sites (tertiary alicyclic amines) is 1. The Labute approximate surface area is 149 Å². The van der Waals surface area contributed by atoms with Crippen molar-refractivity contribution in [3.63, 3.8) is 0 Å². The minimum Gasteiger partial charge on any atom is -0.342 e. The molecule has 1 saturated heterocycles. The van der Waals surface area contributed by atoms with Crippen LogP contribution in [0.3, 0.4) is 0 Å². The van der Waals surface area contributed by atoms with Gasteiger partial charge in [-0.1, -0.05) is 13.8 Å². The van der Waals surface area contributed by atoms with E-state index in [1.54, 1.807) is 11.3 Å². The first-order valence-corrected chi connectivity index (χ1v) is 8.52. The first-order valence-electron chi connectivity index (χ1n) is 7.64. The molecule has 7 heteroatoms. The van der Waals surface area contributed by atoms with Crippen molar-refractivity contribution in [3.8, 4) is 0 Å². The first kappa shape index (κ1) is 21.6. The SMILES string of the molecule is CCNCC1CCN(C(=O)Cc2csc(CC)n2)CC1.Cl.Cl. The predicted molar refractivity (Wildman–Crippen MR) is 97.5 cm³/mol. The van der Waals surface area contributed by atoms with E-state index < -0.39 is 0 Å². The minimum absolute atomic E-state index is 0. The number of amides is 1. The molecule has 0 unspecified atom stereocenters. The van der Waals surface area contributed by atoms with E-state index in [4.69, 9.17) is 0 Å². The summed E-state index contributed by atoms with van der Waals surface area (Å²) in [6.45, 7) is 8.16. The molecule has 0 aromatic carbocycles. The van der Waals surface area contributed by atoms with Gasteiger partial charge in [-0.15, -0.1) is 36.2 Å². The Balaban J connectivity index is 0.00000220. The molecule has 1 amide bonds. The fourth-order valence-electron chi connectivity index (χ4n) is 2.59. The van der Waals surface area contributed by atoms with Crippen LogP contribution in [0.15, 0.2) is 5.38 Å². The second-order valence-corrected chi connectivity index (χ2v) is 6.34. The quantitative estimate of drug-likeness (QED) is 0.840. The third kappa shape index (κ3) is 6.41. The number of nitrogens with zero attached hydrogens (tertiary/aromatic N) is 2. The van der Waals surface area contributed by atoms with Crippen LogP contribution in [0.1, 0.15) is 37.4 Å². The van der Waals surface area contributed by atoms with Gasteiger partial charge in [-0.05, 0) is 38.3 Å². The maximum atomic E-state index is 12.3.